The number of hydrogen-bond acceptors (Lipinski definition) is 3. The molecular formula is C10H13ClO3. The van der Waals surface area contributed by atoms with Gasteiger partial charge in [-0.3, -0.25) is 0 Å². The number of rotatable bonds is 3. The van der Waals surface area contributed by atoms with Gasteiger partial charge in [0.15, 0.2) is 0 Å². The zero-order valence-electron chi connectivity index (χ0n) is 7.81. The van der Waals surface area contributed by atoms with Crippen molar-refractivity contribution < 1.29 is 15.3 Å². The summed E-state index contributed by atoms with van der Waals surface area (Å²) in [5.74, 6) is 0. The monoisotopic (exact) mass is 216 g/mol. The number of hydrogen-bond donors (Lipinski definition) is 3. The fourth-order valence-corrected chi connectivity index (χ4v) is 1.29. The van der Waals surface area contributed by atoms with Crippen LogP contribution in [0.5, 0.6) is 0 Å². The topological polar surface area (TPSA) is 60.7 Å². The van der Waals surface area contributed by atoms with Crippen molar-refractivity contribution in [2.75, 3.05) is 6.61 Å². The van der Waals surface area contributed by atoms with Crippen molar-refractivity contribution in [3.63, 3.8) is 0 Å². The third-order valence-corrected chi connectivity index (χ3v) is 2.50. The summed E-state index contributed by atoms with van der Waals surface area (Å²) in [6, 6.07) is 4.96. The molecule has 2 unspecified atom stereocenters. The normalized spacial score (nSPS) is 15.2. The lowest BCUT2D eigenvalue weighted by molar-refractivity contribution is -0.0152. The van der Waals surface area contributed by atoms with Gasteiger partial charge in [-0.2, -0.15) is 0 Å². The molecular weight excluding hydrogens is 204 g/mol. The van der Waals surface area contributed by atoms with E-state index < -0.39 is 18.8 Å². The minimum Gasteiger partial charge on any atom is -0.394 e. The number of aliphatic hydroxyl groups excluding tert-OH is 3. The van der Waals surface area contributed by atoms with Gasteiger partial charge in [-0.25, -0.2) is 0 Å². The molecule has 0 aliphatic heterocycles. The number of benzene rings is 1. The maximum absolute atomic E-state index is 9.55. The van der Waals surface area contributed by atoms with E-state index in [4.69, 9.17) is 16.7 Å². The van der Waals surface area contributed by atoms with Crippen LogP contribution in [0, 0.1) is 6.92 Å². The summed E-state index contributed by atoms with van der Waals surface area (Å²) in [4.78, 5) is 0. The van der Waals surface area contributed by atoms with Crippen molar-refractivity contribution >= 4 is 11.6 Å². The van der Waals surface area contributed by atoms with Crippen LogP contribution in [0.25, 0.3) is 0 Å². The van der Waals surface area contributed by atoms with Crippen LogP contribution in [-0.4, -0.2) is 28.0 Å². The van der Waals surface area contributed by atoms with Crippen LogP contribution < -0.4 is 0 Å². The van der Waals surface area contributed by atoms with E-state index in [1.165, 1.54) is 0 Å². The highest BCUT2D eigenvalue weighted by Gasteiger charge is 2.17. The van der Waals surface area contributed by atoms with Crippen molar-refractivity contribution in [3.8, 4) is 0 Å². The highest BCUT2D eigenvalue weighted by Crippen LogP contribution is 2.22. The average molecular weight is 217 g/mol. The molecule has 1 aromatic rings. The first-order valence-electron chi connectivity index (χ1n) is 4.29. The van der Waals surface area contributed by atoms with Crippen molar-refractivity contribution in [1.29, 1.82) is 0 Å². The molecule has 0 saturated carbocycles. The summed E-state index contributed by atoms with van der Waals surface area (Å²) in [7, 11) is 0. The molecule has 0 fully saturated rings. The van der Waals surface area contributed by atoms with Gasteiger partial charge in [0, 0.05) is 5.02 Å². The van der Waals surface area contributed by atoms with Crippen LogP contribution in [-0.2, 0) is 0 Å². The molecule has 0 spiro atoms. The minimum absolute atomic E-state index is 0.469. The highest BCUT2D eigenvalue weighted by atomic mass is 35.5. The second-order valence-electron chi connectivity index (χ2n) is 3.20. The SMILES string of the molecule is Cc1cc(C(O)C(O)CO)ccc1Cl. The molecule has 0 amide bonds. The molecule has 0 aromatic heterocycles. The predicted octanol–water partition coefficient (Wildman–Crippen LogP) is 1.04. The summed E-state index contributed by atoms with van der Waals surface area (Å²) < 4.78 is 0. The third-order valence-electron chi connectivity index (χ3n) is 2.08. The van der Waals surface area contributed by atoms with Crippen LogP contribution in [0.2, 0.25) is 5.02 Å². The first-order valence-corrected chi connectivity index (χ1v) is 4.67. The zero-order valence-corrected chi connectivity index (χ0v) is 8.57. The molecule has 0 bridgehead atoms. The van der Waals surface area contributed by atoms with E-state index in [9.17, 15) is 10.2 Å². The Morgan fingerprint density at radius 3 is 2.50 bits per heavy atom. The van der Waals surface area contributed by atoms with Crippen molar-refractivity contribution in [2.45, 2.75) is 19.1 Å². The van der Waals surface area contributed by atoms with Gasteiger partial charge >= 0.3 is 0 Å². The van der Waals surface area contributed by atoms with Crippen LogP contribution >= 0.6 is 11.6 Å². The van der Waals surface area contributed by atoms with Gasteiger partial charge in [0.2, 0.25) is 0 Å². The molecule has 78 valence electrons. The summed E-state index contributed by atoms with van der Waals surface area (Å²) in [5, 5.41) is 28.0. The molecule has 14 heavy (non-hydrogen) atoms. The van der Waals surface area contributed by atoms with E-state index in [2.05, 4.69) is 0 Å². The Labute approximate surface area is 87.6 Å². The third kappa shape index (κ3) is 2.45. The standard InChI is InChI=1S/C10H13ClO3/c1-6-4-7(2-3-8(6)11)10(14)9(13)5-12/h2-4,9-10,12-14H,5H2,1H3. The predicted molar refractivity (Wildman–Crippen MR) is 54.2 cm³/mol. The van der Waals surface area contributed by atoms with Crippen LogP contribution in [0.4, 0.5) is 0 Å². The number of halogens is 1. The largest absolute Gasteiger partial charge is 0.394 e. The Balaban J connectivity index is 2.91. The van der Waals surface area contributed by atoms with Gasteiger partial charge in [-0.1, -0.05) is 23.7 Å². The Hall–Kier alpha value is -0.610. The molecule has 3 N–H and O–H groups in total. The molecule has 0 heterocycles. The average Bonchev–Trinajstić information content (AvgIpc) is 2.20. The van der Waals surface area contributed by atoms with Gasteiger partial charge in [-0.05, 0) is 24.1 Å². The maximum Gasteiger partial charge on any atom is 0.107 e. The Kier molecular flexibility index (Phi) is 3.89. The fraction of sp³-hybridized carbons (Fsp3) is 0.400. The molecule has 4 heteroatoms. The molecule has 1 rings (SSSR count). The minimum atomic E-state index is -1.16. The smallest absolute Gasteiger partial charge is 0.107 e. The van der Waals surface area contributed by atoms with Crippen LogP contribution in [0.3, 0.4) is 0 Å². The van der Waals surface area contributed by atoms with E-state index in [1.807, 2.05) is 6.92 Å². The van der Waals surface area contributed by atoms with Crippen molar-refractivity contribution in [1.82, 2.24) is 0 Å². The summed E-state index contributed by atoms with van der Waals surface area (Å²) >= 11 is 5.81. The zero-order chi connectivity index (χ0) is 10.7. The van der Waals surface area contributed by atoms with E-state index >= 15 is 0 Å². The molecule has 1 aromatic carbocycles. The second-order valence-corrected chi connectivity index (χ2v) is 3.61. The first-order chi connectivity index (χ1) is 6.56. The van der Waals surface area contributed by atoms with E-state index in [0.29, 0.717) is 10.6 Å². The lowest BCUT2D eigenvalue weighted by Gasteiger charge is -2.16. The first kappa shape index (κ1) is 11.5. The summed E-state index contributed by atoms with van der Waals surface area (Å²) in [6.45, 7) is 1.34. The Morgan fingerprint density at radius 2 is 2.00 bits per heavy atom. The van der Waals surface area contributed by atoms with E-state index in [-0.39, 0.29) is 0 Å². The summed E-state index contributed by atoms with van der Waals surface area (Å²) in [6.07, 6.45) is -2.23. The molecule has 2 atom stereocenters. The fourth-order valence-electron chi connectivity index (χ4n) is 1.17. The number of aliphatic hydroxyl groups is 3. The lowest BCUT2D eigenvalue weighted by Crippen LogP contribution is -2.22. The Bertz CT molecular complexity index is 314. The molecule has 0 saturated heterocycles. The van der Waals surface area contributed by atoms with Crippen molar-refractivity contribution in [3.05, 3.63) is 34.3 Å². The Morgan fingerprint density at radius 1 is 1.36 bits per heavy atom. The molecule has 0 aliphatic rings. The number of aryl methyl sites for hydroxylation is 1. The van der Waals surface area contributed by atoms with Gasteiger partial charge in [0.05, 0.1) is 6.61 Å². The van der Waals surface area contributed by atoms with Crippen LogP contribution in [0.1, 0.15) is 17.2 Å². The maximum atomic E-state index is 9.55. The summed E-state index contributed by atoms with van der Waals surface area (Å²) in [5.41, 5.74) is 1.38. The van der Waals surface area contributed by atoms with Gasteiger partial charge < -0.3 is 15.3 Å². The molecule has 3 nitrogen and oxygen atoms in total. The van der Waals surface area contributed by atoms with E-state index in [1.54, 1.807) is 18.2 Å². The van der Waals surface area contributed by atoms with Crippen molar-refractivity contribution in [2.24, 2.45) is 0 Å². The van der Waals surface area contributed by atoms with Gasteiger partial charge in [0.1, 0.15) is 12.2 Å². The quantitative estimate of drug-likeness (QED) is 0.708. The molecule has 0 aliphatic carbocycles. The highest BCUT2D eigenvalue weighted by molar-refractivity contribution is 6.31. The molecule has 0 radical (unpaired) electrons. The second kappa shape index (κ2) is 4.75. The van der Waals surface area contributed by atoms with Gasteiger partial charge in [-0.15, -0.1) is 0 Å². The van der Waals surface area contributed by atoms with Crippen LogP contribution in [0.15, 0.2) is 18.2 Å². The lowest BCUT2D eigenvalue weighted by atomic mass is 10.0. The van der Waals surface area contributed by atoms with E-state index in [0.717, 1.165) is 5.56 Å². The van der Waals surface area contributed by atoms with Gasteiger partial charge in [0.25, 0.3) is 0 Å².